The summed E-state index contributed by atoms with van der Waals surface area (Å²) in [5.41, 5.74) is 2.84. The van der Waals surface area contributed by atoms with Crippen molar-refractivity contribution in [2.45, 2.75) is 24.3 Å². The van der Waals surface area contributed by atoms with Crippen LogP contribution in [0.4, 0.5) is 22.0 Å². The fourth-order valence-corrected chi connectivity index (χ4v) is 4.64. The average molecular weight is 466 g/mol. The van der Waals surface area contributed by atoms with Crippen LogP contribution in [-0.4, -0.2) is 25.0 Å². The number of halogens is 5. The van der Waals surface area contributed by atoms with E-state index in [0.29, 0.717) is 30.6 Å². The third kappa shape index (κ3) is 7.64. The Kier molecular flexibility index (Phi) is 8.70. The zero-order valence-corrected chi connectivity index (χ0v) is 18.2. The predicted octanol–water partition coefficient (Wildman–Crippen LogP) is 6.72. The Morgan fingerprint density at radius 1 is 0.719 bits per heavy atom. The summed E-state index contributed by atoms with van der Waals surface area (Å²) < 4.78 is 64.9. The molecule has 1 N–H and O–H groups in total. The normalized spacial score (nSPS) is 11.8. The van der Waals surface area contributed by atoms with Gasteiger partial charge in [-0.1, -0.05) is 48.5 Å². The molecule has 0 aromatic heterocycles. The smallest absolute Gasteiger partial charge is 0.316 e. The monoisotopic (exact) mass is 465 g/mol. The lowest BCUT2D eigenvalue weighted by Gasteiger charge is -2.18. The lowest BCUT2D eigenvalue weighted by atomic mass is 10.0. The summed E-state index contributed by atoms with van der Waals surface area (Å²) in [6.45, 7) is 1.22. The van der Waals surface area contributed by atoms with Crippen molar-refractivity contribution in [3.8, 4) is 0 Å². The SMILES string of the molecule is Fc1ccc(C(SCCNCCc2ccccc2CC(F)(F)F)c2ccc(F)cc2)cc1. The molecular weight excluding hydrogens is 441 g/mol. The molecule has 0 aliphatic rings. The van der Waals surface area contributed by atoms with Crippen molar-refractivity contribution >= 4 is 11.8 Å². The zero-order valence-electron chi connectivity index (χ0n) is 17.3. The third-order valence-electron chi connectivity index (χ3n) is 4.99. The van der Waals surface area contributed by atoms with Crippen LogP contribution < -0.4 is 5.32 Å². The Balaban J connectivity index is 1.53. The van der Waals surface area contributed by atoms with Gasteiger partial charge in [0.05, 0.1) is 11.7 Å². The van der Waals surface area contributed by atoms with Crippen molar-refractivity contribution in [3.63, 3.8) is 0 Å². The largest absolute Gasteiger partial charge is 0.393 e. The van der Waals surface area contributed by atoms with Crippen LogP contribution in [-0.2, 0) is 12.8 Å². The van der Waals surface area contributed by atoms with Crippen LogP contribution in [0.1, 0.15) is 27.5 Å². The number of thioether (sulfide) groups is 1. The molecule has 0 saturated heterocycles. The molecule has 0 unspecified atom stereocenters. The second-order valence-corrected chi connectivity index (χ2v) is 8.63. The second-order valence-electron chi connectivity index (χ2n) is 7.41. The first-order valence-electron chi connectivity index (χ1n) is 10.3. The van der Waals surface area contributed by atoms with Crippen molar-refractivity contribution in [3.05, 3.63) is 107 Å². The van der Waals surface area contributed by atoms with Gasteiger partial charge in [0, 0.05) is 12.3 Å². The number of hydrogen-bond acceptors (Lipinski definition) is 2. The van der Waals surface area contributed by atoms with E-state index in [1.807, 2.05) is 0 Å². The number of benzene rings is 3. The molecule has 0 fully saturated rings. The summed E-state index contributed by atoms with van der Waals surface area (Å²) in [5, 5.41) is 3.20. The Morgan fingerprint density at radius 3 is 1.78 bits per heavy atom. The molecule has 0 radical (unpaired) electrons. The van der Waals surface area contributed by atoms with Crippen LogP contribution in [0.25, 0.3) is 0 Å². The maximum Gasteiger partial charge on any atom is 0.393 e. The van der Waals surface area contributed by atoms with Crippen LogP contribution in [0.15, 0.2) is 72.8 Å². The standard InChI is InChI=1S/C25H24F5NS/c26-22-9-5-19(6-10-22)24(20-7-11-23(27)12-8-20)32-16-15-31-14-13-18-3-1-2-4-21(18)17-25(28,29)30/h1-12,24,31H,13-17H2. The van der Waals surface area contributed by atoms with E-state index in [-0.39, 0.29) is 16.9 Å². The topological polar surface area (TPSA) is 12.0 Å². The van der Waals surface area contributed by atoms with Gasteiger partial charge in [0.25, 0.3) is 0 Å². The summed E-state index contributed by atoms with van der Waals surface area (Å²) in [6, 6.07) is 19.1. The van der Waals surface area contributed by atoms with Crippen molar-refractivity contribution in [2.75, 3.05) is 18.8 Å². The minimum atomic E-state index is -4.23. The molecule has 0 bridgehead atoms. The Bertz CT molecular complexity index is 925. The predicted molar refractivity (Wildman–Crippen MR) is 120 cm³/mol. The molecule has 32 heavy (non-hydrogen) atoms. The molecule has 3 aromatic rings. The highest BCUT2D eigenvalue weighted by Gasteiger charge is 2.28. The van der Waals surface area contributed by atoms with E-state index in [1.54, 1.807) is 54.2 Å². The molecule has 170 valence electrons. The lowest BCUT2D eigenvalue weighted by molar-refractivity contribution is -0.127. The fraction of sp³-hybridized carbons (Fsp3) is 0.280. The maximum atomic E-state index is 13.3. The zero-order chi connectivity index (χ0) is 23.0. The molecule has 1 nitrogen and oxygen atoms in total. The van der Waals surface area contributed by atoms with Gasteiger partial charge in [-0.25, -0.2) is 8.78 Å². The minimum Gasteiger partial charge on any atom is -0.316 e. The molecule has 0 heterocycles. The van der Waals surface area contributed by atoms with Gasteiger partial charge in [0.1, 0.15) is 11.6 Å². The quantitative estimate of drug-likeness (QED) is 0.263. The van der Waals surface area contributed by atoms with Crippen LogP contribution in [0.3, 0.4) is 0 Å². The maximum absolute atomic E-state index is 13.3. The molecule has 0 atom stereocenters. The number of rotatable bonds is 10. The van der Waals surface area contributed by atoms with Gasteiger partial charge >= 0.3 is 6.18 Å². The Labute approximate surface area is 189 Å². The van der Waals surface area contributed by atoms with Crippen LogP contribution >= 0.6 is 11.8 Å². The highest BCUT2D eigenvalue weighted by molar-refractivity contribution is 7.99. The van der Waals surface area contributed by atoms with Crippen LogP contribution in [0, 0.1) is 11.6 Å². The molecule has 0 spiro atoms. The van der Waals surface area contributed by atoms with E-state index in [2.05, 4.69) is 5.32 Å². The van der Waals surface area contributed by atoms with E-state index in [0.717, 1.165) is 16.9 Å². The van der Waals surface area contributed by atoms with Crippen molar-refractivity contribution in [1.82, 2.24) is 5.32 Å². The summed E-state index contributed by atoms with van der Waals surface area (Å²) in [4.78, 5) is 0. The Morgan fingerprint density at radius 2 is 1.25 bits per heavy atom. The molecular formula is C25H24F5NS. The molecule has 3 aromatic carbocycles. The highest BCUT2D eigenvalue weighted by Crippen LogP contribution is 2.35. The molecule has 0 aliphatic heterocycles. The number of alkyl halides is 3. The van der Waals surface area contributed by atoms with Crippen molar-refractivity contribution < 1.29 is 22.0 Å². The van der Waals surface area contributed by atoms with Crippen LogP contribution in [0.2, 0.25) is 0 Å². The van der Waals surface area contributed by atoms with Crippen molar-refractivity contribution in [1.29, 1.82) is 0 Å². The van der Waals surface area contributed by atoms with E-state index < -0.39 is 12.6 Å². The van der Waals surface area contributed by atoms with E-state index in [4.69, 9.17) is 0 Å². The van der Waals surface area contributed by atoms with E-state index in [1.165, 1.54) is 30.3 Å². The lowest BCUT2D eigenvalue weighted by Crippen LogP contribution is -2.21. The molecule has 3 rings (SSSR count). The number of hydrogen-bond donors (Lipinski definition) is 1. The first-order valence-corrected chi connectivity index (χ1v) is 11.3. The van der Waals surface area contributed by atoms with Gasteiger partial charge in [-0.05, 0) is 59.5 Å². The van der Waals surface area contributed by atoms with Gasteiger partial charge in [0.2, 0.25) is 0 Å². The second kappa shape index (κ2) is 11.5. The van der Waals surface area contributed by atoms with E-state index >= 15 is 0 Å². The molecule has 0 amide bonds. The van der Waals surface area contributed by atoms with Gasteiger partial charge in [-0.15, -0.1) is 11.8 Å². The summed E-state index contributed by atoms with van der Waals surface area (Å²) >= 11 is 1.64. The molecule has 7 heteroatoms. The van der Waals surface area contributed by atoms with Gasteiger partial charge in [-0.2, -0.15) is 13.2 Å². The van der Waals surface area contributed by atoms with Crippen molar-refractivity contribution in [2.24, 2.45) is 0 Å². The summed E-state index contributed by atoms with van der Waals surface area (Å²) in [6.07, 6.45) is -4.64. The molecule has 0 saturated carbocycles. The fourth-order valence-electron chi connectivity index (χ4n) is 3.45. The Hall–Kier alpha value is -2.38. The summed E-state index contributed by atoms with van der Waals surface area (Å²) in [7, 11) is 0. The van der Waals surface area contributed by atoms with Gasteiger partial charge in [-0.3, -0.25) is 0 Å². The van der Waals surface area contributed by atoms with E-state index in [9.17, 15) is 22.0 Å². The first-order chi connectivity index (χ1) is 15.3. The average Bonchev–Trinajstić information content (AvgIpc) is 2.75. The van der Waals surface area contributed by atoms with Gasteiger partial charge < -0.3 is 5.32 Å². The first kappa shape index (κ1) is 24.3. The van der Waals surface area contributed by atoms with Gasteiger partial charge in [0.15, 0.2) is 0 Å². The van der Waals surface area contributed by atoms with Crippen LogP contribution in [0.5, 0.6) is 0 Å². The summed E-state index contributed by atoms with van der Waals surface area (Å²) in [5.74, 6) is 0.0945. The number of nitrogens with one attached hydrogen (secondary N) is 1. The molecule has 0 aliphatic carbocycles. The highest BCUT2D eigenvalue weighted by atomic mass is 32.2. The third-order valence-corrected chi connectivity index (χ3v) is 6.31. The minimum absolute atomic E-state index is 0.0782.